The lowest BCUT2D eigenvalue weighted by molar-refractivity contribution is -0.0263. The third-order valence-electron chi connectivity index (χ3n) is 2.80. The van der Waals surface area contributed by atoms with Crippen molar-refractivity contribution in [3.63, 3.8) is 0 Å². The van der Waals surface area contributed by atoms with Crippen LogP contribution >= 0.6 is 0 Å². The summed E-state index contributed by atoms with van der Waals surface area (Å²) in [6.45, 7) is -0.375. The van der Waals surface area contributed by atoms with Crippen LogP contribution in [0, 0.1) is 0 Å². The summed E-state index contributed by atoms with van der Waals surface area (Å²) < 4.78 is 35.7. The van der Waals surface area contributed by atoms with E-state index in [1.165, 1.54) is 24.3 Å². The number of rotatable bonds is 6. The summed E-state index contributed by atoms with van der Waals surface area (Å²) in [4.78, 5) is 16.2. The minimum Gasteiger partial charge on any atom is -0.489 e. The Morgan fingerprint density at radius 3 is 2.75 bits per heavy atom. The number of alkyl halides is 2. The molecule has 1 saturated heterocycles. The molecule has 6 nitrogen and oxygen atoms in total. The Bertz CT molecular complexity index is 502. The predicted octanol–water partition coefficient (Wildman–Crippen LogP) is 1.26. The minimum atomic E-state index is -2.71. The Kier molecular flexibility index (Phi) is 4.03. The number of aromatic nitrogens is 1. The Balaban J connectivity index is 2.15. The van der Waals surface area contributed by atoms with E-state index < -0.39 is 25.0 Å². The molecule has 2 heterocycles. The molecule has 1 fully saturated rings. The van der Waals surface area contributed by atoms with Gasteiger partial charge in [-0.25, -0.2) is 18.6 Å². The van der Waals surface area contributed by atoms with Crippen molar-refractivity contribution in [2.75, 3.05) is 38.3 Å². The monoisotopic (exact) mass is 288 g/mol. The zero-order chi connectivity index (χ0) is 14.8. The Morgan fingerprint density at radius 1 is 1.50 bits per heavy atom. The van der Waals surface area contributed by atoms with Gasteiger partial charge in [-0.05, 0) is 0 Å². The van der Waals surface area contributed by atoms with E-state index >= 15 is 0 Å². The van der Waals surface area contributed by atoms with Gasteiger partial charge in [0.2, 0.25) is 0 Å². The molecule has 1 aliphatic rings. The van der Waals surface area contributed by atoms with Crippen LogP contribution in [0.2, 0.25) is 0 Å². The molecule has 0 radical (unpaired) electrons. The number of pyridine rings is 1. The smallest absolute Gasteiger partial charge is 0.358 e. The molecule has 1 aromatic heterocycles. The summed E-state index contributed by atoms with van der Waals surface area (Å²) in [5, 5.41) is 9.00. The minimum absolute atomic E-state index is 0.0438. The van der Waals surface area contributed by atoms with Gasteiger partial charge in [0.25, 0.3) is 5.92 Å². The molecule has 8 heteroatoms. The van der Waals surface area contributed by atoms with Crippen LogP contribution in [0.4, 0.5) is 14.5 Å². The number of carbonyl (C=O) groups is 1. The average molecular weight is 288 g/mol. The van der Waals surface area contributed by atoms with Crippen LogP contribution in [0.5, 0.6) is 5.75 Å². The number of nitrogens with zero attached hydrogens (tertiary/aromatic N) is 2. The Hall–Kier alpha value is -1.96. The maximum absolute atomic E-state index is 12.8. The van der Waals surface area contributed by atoms with Gasteiger partial charge in [-0.1, -0.05) is 0 Å². The highest BCUT2D eigenvalue weighted by atomic mass is 19.3. The van der Waals surface area contributed by atoms with Gasteiger partial charge in [0, 0.05) is 13.2 Å². The van der Waals surface area contributed by atoms with E-state index in [9.17, 15) is 13.6 Å². The lowest BCUT2D eigenvalue weighted by Crippen LogP contribution is -2.56. The van der Waals surface area contributed by atoms with Gasteiger partial charge >= 0.3 is 5.97 Å². The van der Waals surface area contributed by atoms with E-state index in [-0.39, 0.29) is 24.7 Å². The molecular formula is C12H14F2N2O4. The molecule has 2 rings (SSSR count). The molecule has 110 valence electrons. The van der Waals surface area contributed by atoms with Crippen LogP contribution in [0.1, 0.15) is 10.5 Å². The van der Waals surface area contributed by atoms with Crippen molar-refractivity contribution in [2.24, 2.45) is 0 Å². The van der Waals surface area contributed by atoms with E-state index in [1.54, 1.807) is 0 Å². The number of anilines is 1. The molecule has 0 amide bonds. The lowest BCUT2D eigenvalue weighted by atomic mass is 10.1. The van der Waals surface area contributed by atoms with Crippen LogP contribution in [-0.2, 0) is 4.74 Å². The van der Waals surface area contributed by atoms with Gasteiger partial charge in [0.15, 0.2) is 11.4 Å². The predicted molar refractivity (Wildman–Crippen MR) is 65.7 cm³/mol. The standard InChI is InChI=1S/C12H14F2N2O4/c1-19-2-3-20-9-4-8(5-15-10(9)11(17)18)16-6-12(13,14)7-16/h4-5H,2-3,6-7H2,1H3,(H,17,18). The first-order valence-corrected chi connectivity index (χ1v) is 5.91. The second-order valence-electron chi connectivity index (χ2n) is 4.40. The van der Waals surface area contributed by atoms with E-state index in [1.807, 2.05) is 0 Å². The fraction of sp³-hybridized carbons (Fsp3) is 0.500. The molecule has 0 aromatic carbocycles. The molecular weight excluding hydrogens is 274 g/mol. The Morgan fingerprint density at radius 2 is 2.20 bits per heavy atom. The van der Waals surface area contributed by atoms with Crippen molar-refractivity contribution in [3.05, 3.63) is 18.0 Å². The van der Waals surface area contributed by atoms with Crippen LogP contribution in [0.15, 0.2) is 12.3 Å². The maximum atomic E-state index is 12.8. The van der Waals surface area contributed by atoms with Crippen LogP contribution in [0.25, 0.3) is 0 Å². The Labute approximate surface area is 113 Å². The van der Waals surface area contributed by atoms with Gasteiger partial charge in [-0.15, -0.1) is 0 Å². The molecule has 0 saturated carbocycles. The summed E-state index contributed by atoms with van der Waals surface area (Å²) in [6, 6.07) is 1.40. The van der Waals surface area contributed by atoms with Crippen molar-refractivity contribution in [3.8, 4) is 5.75 Å². The fourth-order valence-corrected chi connectivity index (χ4v) is 1.81. The van der Waals surface area contributed by atoms with E-state index in [4.69, 9.17) is 14.6 Å². The molecule has 0 aliphatic carbocycles. The van der Waals surface area contributed by atoms with Crippen molar-refractivity contribution in [1.29, 1.82) is 0 Å². The highest BCUT2D eigenvalue weighted by Gasteiger charge is 2.44. The SMILES string of the molecule is COCCOc1cc(N2CC(F)(F)C2)cnc1C(=O)O. The number of ether oxygens (including phenoxy) is 2. The summed E-state index contributed by atoms with van der Waals surface area (Å²) >= 11 is 0. The first kappa shape index (κ1) is 14.4. The molecule has 1 aromatic rings. The third kappa shape index (κ3) is 3.13. The number of halogens is 2. The summed E-state index contributed by atoms with van der Waals surface area (Å²) in [7, 11) is 1.48. The van der Waals surface area contributed by atoms with Crippen molar-refractivity contribution >= 4 is 11.7 Å². The van der Waals surface area contributed by atoms with Gasteiger partial charge < -0.3 is 19.5 Å². The molecule has 0 atom stereocenters. The van der Waals surface area contributed by atoms with Crippen molar-refractivity contribution in [2.45, 2.75) is 5.92 Å². The van der Waals surface area contributed by atoms with E-state index in [2.05, 4.69) is 4.98 Å². The average Bonchev–Trinajstić information content (AvgIpc) is 2.35. The topological polar surface area (TPSA) is 71.9 Å². The van der Waals surface area contributed by atoms with E-state index in [0.717, 1.165) is 0 Å². The van der Waals surface area contributed by atoms with Crippen LogP contribution < -0.4 is 9.64 Å². The normalized spacial score (nSPS) is 16.6. The molecule has 20 heavy (non-hydrogen) atoms. The van der Waals surface area contributed by atoms with Gasteiger partial charge in [0.1, 0.15) is 6.61 Å². The summed E-state index contributed by atoms with van der Waals surface area (Å²) in [6.07, 6.45) is 1.25. The lowest BCUT2D eigenvalue weighted by Gasteiger charge is -2.40. The quantitative estimate of drug-likeness (QED) is 0.795. The van der Waals surface area contributed by atoms with Crippen LogP contribution in [0.3, 0.4) is 0 Å². The van der Waals surface area contributed by atoms with Gasteiger partial charge in [0.05, 0.1) is 31.6 Å². The maximum Gasteiger partial charge on any atom is 0.358 e. The molecule has 0 unspecified atom stereocenters. The molecule has 1 aliphatic heterocycles. The number of carboxylic acids is 1. The van der Waals surface area contributed by atoms with Gasteiger partial charge in [-0.2, -0.15) is 0 Å². The van der Waals surface area contributed by atoms with Crippen LogP contribution in [-0.4, -0.2) is 55.4 Å². The van der Waals surface area contributed by atoms with Crippen molar-refractivity contribution < 1.29 is 28.2 Å². The van der Waals surface area contributed by atoms with Crippen molar-refractivity contribution in [1.82, 2.24) is 4.98 Å². The first-order chi connectivity index (χ1) is 9.43. The van der Waals surface area contributed by atoms with E-state index in [0.29, 0.717) is 5.69 Å². The second kappa shape index (κ2) is 5.58. The number of hydrogen-bond donors (Lipinski definition) is 1. The number of carboxylic acid groups (broad SMARTS) is 1. The second-order valence-corrected chi connectivity index (χ2v) is 4.40. The number of aromatic carboxylic acids is 1. The highest BCUT2D eigenvalue weighted by molar-refractivity contribution is 5.89. The molecule has 0 spiro atoms. The zero-order valence-electron chi connectivity index (χ0n) is 10.8. The number of methoxy groups -OCH3 is 1. The first-order valence-electron chi connectivity index (χ1n) is 5.91. The molecule has 0 bridgehead atoms. The summed E-state index contributed by atoms with van der Waals surface area (Å²) in [5.74, 6) is -3.90. The third-order valence-corrected chi connectivity index (χ3v) is 2.80. The summed E-state index contributed by atoms with van der Waals surface area (Å²) in [5.41, 5.74) is 0.158. The fourth-order valence-electron chi connectivity index (χ4n) is 1.81. The molecule has 1 N–H and O–H groups in total. The highest BCUT2D eigenvalue weighted by Crippen LogP contribution is 2.33. The largest absolute Gasteiger partial charge is 0.489 e. The van der Waals surface area contributed by atoms with Gasteiger partial charge in [-0.3, -0.25) is 0 Å². The number of hydrogen-bond acceptors (Lipinski definition) is 5. The zero-order valence-corrected chi connectivity index (χ0v) is 10.8.